The maximum Gasteiger partial charge on any atom is 0.371 e. The van der Waals surface area contributed by atoms with E-state index in [1.165, 1.54) is 0 Å². The molecule has 0 heterocycles. The zero-order chi connectivity index (χ0) is 13.4. The van der Waals surface area contributed by atoms with Crippen LogP contribution in [0.3, 0.4) is 0 Å². The standard InChI is InChI=1S/C8H11Cl2F5O/c1-5(2,11)6(3,12)16-4-7(9,13)8(10,14)15/h4H2,1-3H3. The van der Waals surface area contributed by atoms with Crippen molar-refractivity contribution < 1.29 is 26.7 Å². The van der Waals surface area contributed by atoms with Crippen molar-refractivity contribution in [1.82, 2.24) is 0 Å². The molecule has 0 spiro atoms. The van der Waals surface area contributed by atoms with Crippen LogP contribution in [0.15, 0.2) is 0 Å². The maximum atomic E-state index is 13.4. The van der Waals surface area contributed by atoms with E-state index < -0.39 is 28.6 Å². The number of ether oxygens (including phenoxy) is 1. The topological polar surface area (TPSA) is 9.23 Å². The number of hydrogen-bond acceptors (Lipinski definition) is 1. The van der Waals surface area contributed by atoms with Gasteiger partial charge in [0.25, 0.3) is 5.13 Å². The molecule has 0 rings (SSSR count). The second kappa shape index (κ2) is 4.46. The highest BCUT2D eigenvalue weighted by molar-refractivity contribution is 6.32. The van der Waals surface area contributed by atoms with Crippen molar-refractivity contribution in [2.45, 2.75) is 42.8 Å². The molecule has 0 aromatic carbocycles. The third-order valence-electron chi connectivity index (χ3n) is 2.00. The highest BCUT2D eigenvalue weighted by atomic mass is 35.5. The Balaban J connectivity index is 4.59. The van der Waals surface area contributed by atoms with Gasteiger partial charge in [-0.3, -0.25) is 0 Å². The van der Waals surface area contributed by atoms with E-state index in [-0.39, 0.29) is 0 Å². The molecular formula is C8H11Cl2F5O. The molecule has 0 bridgehead atoms. The first-order valence-corrected chi connectivity index (χ1v) is 4.93. The van der Waals surface area contributed by atoms with E-state index in [4.69, 9.17) is 11.6 Å². The summed E-state index contributed by atoms with van der Waals surface area (Å²) in [7, 11) is 0. The molecular weight excluding hydrogens is 278 g/mol. The molecule has 8 heteroatoms. The lowest BCUT2D eigenvalue weighted by Gasteiger charge is -2.33. The summed E-state index contributed by atoms with van der Waals surface area (Å²) in [5, 5.41) is -8.27. The van der Waals surface area contributed by atoms with Crippen LogP contribution in [0.2, 0.25) is 0 Å². The molecule has 0 saturated carbocycles. The molecule has 98 valence electrons. The second-order valence-electron chi connectivity index (χ2n) is 3.88. The van der Waals surface area contributed by atoms with Gasteiger partial charge in [0, 0.05) is 0 Å². The summed E-state index contributed by atoms with van der Waals surface area (Å²) in [6.45, 7) is 0.651. The molecule has 0 radical (unpaired) electrons. The predicted octanol–water partition coefficient (Wildman–Crippen LogP) is 4.17. The fraction of sp³-hybridized carbons (Fsp3) is 1.00. The molecule has 16 heavy (non-hydrogen) atoms. The zero-order valence-corrected chi connectivity index (χ0v) is 10.3. The van der Waals surface area contributed by atoms with Crippen molar-refractivity contribution in [2.75, 3.05) is 6.61 Å². The quantitative estimate of drug-likeness (QED) is 0.545. The Kier molecular flexibility index (Phi) is 4.51. The van der Waals surface area contributed by atoms with E-state index >= 15 is 0 Å². The Morgan fingerprint density at radius 3 is 1.56 bits per heavy atom. The van der Waals surface area contributed by atoms with Crippen LogP contribution in [0.5, 0.6) is 0 Å². The van der Waals surface area contributed by atoms with Gasteiger partial charge in [-0.15, -0.1) is 0 Å². The van der Waals surface area contributed by atoms with E-state index in [9.17, 15) is 22.0 Å². The molecule has 0 aliphatic heterocycles. The first-order chi connectivity index (χ1) is 6.71. The van der Waals surface area contributed by atoms with Gasteiger partial charge in [-0.25, -0.2) is 13.2 Å². The van der Waals surface area contributed by atoms with Crippen LogP contribution in [0.1, 0.15) is 20.8 Å². The van der Waals surface area contributed by atoms with Gasteiger partial charge in [0.1, 0.15) is 6.61 Å². The van der Waals surface area contributed by atoms with Crippen LogP contribution in [-0.2, 0) is 4.74 Å². The van der Waals surface area contributed by atoms with Gasteiger partial charge in [-0.2, -0.15) is 8.78 Å². The monoisotopic (exact) mass is 288 g/mol. The molecule has 2 atom stereocenters. The summed E-state index contributed by atoms with van der Waals surface area (Å²) >= 11 is 9.04. The van der Waals surface area contributed by atoms with Crippen molar-refractivity contribution in [1.29, 1.82) is 0 Å². The van der Waals surface area contributed by atoms with E-state index in [2.05, 4.69) is 16.3 Å². The molecule has 0 aromatic heterocycles. The van der Waals surface area contributed by atoms with Crippen LogP contribution < -0.4 is 0 Å². The third-order valence-corrected chi connectivity index (χ3v) is 2.74. The average Bonchev–Trinajstić information content (AvgIpc) is 1.97. The first kappa shape index (κ1) is 16.2. The molecule has 0 N–H and O–H groups in total. The molecule has 0 aliphatic carbocycles. The van der Waals surface area contributed by atoms with Gasteiger partial charge in [0.15, 0.2) is 5.67 Å². The largest absolute Gasteiger partial charge is 0.371 e. The fourth-order valence-electron chi connectivity index (χ4n) is 0.480. The summed E-state index contributed by atoms with van der Waals surface area (Å²) in [5.74, 6) is -2.97. The Morgan fingerprint density at radius 1 is 0.938 bits per heavy atom. The summed E-state index contributed by atoms with van der Waals surface area (Å²) < 4.78 is 68.3. The van der Waals surface area contributed by atoms with Crippen molar-refractivity contribution in [2.24, 2.45) is 0 Å². The SMILES string of the molecule is CC(C)(F)C(C)(F)OCC(F)(Cl)C(F)(F)Cl. The van der Waals surface area contributed by atoms with Gasteiger partial charge in [0.05, 0.1) is 0 Å². The molecule has 0 fully saturated rings. The van der Waals surface area contributed by atoms with Crippen LogP contribution in [0.25, 0.3) is 0 Å². The highest BCUT2D eigenvalue weighted by Gasteiger charge is 2.55. The van der Waals surface area contributed by atoms with E-state index in [1.807, 2.05) is 0 Å². The molecule has 0 aliphatic rings. The normalized spacial score (nSPS) is 21.4. The molecule has 0 aromatic rings. The van der Waals surface area contributed by atoms with Crippen LogP contribution >= 0.6 is 23.2 Å². The number of alkyl halides is 7. The van der Waals surface area contributed by atoms with Gasteiger partial charge < -0.3 is 4.74 Å². The van der Waals surface area contributed by atoms with Crippen molar-refractivity contribution in [3.63, 3.8) is 0 Å². The maximum absolute atomic E-state index is 13.4. The van der Waals surface area contributed by atoms with Gasteiger partial charge in [0.2, 0.25) is 5.85 Å². The lowest BCUT2D eigenvalue weighted by atomic mass is 10.0. The smallest absolute Gasteiger partial charge is 0.339 e. The Labute approximate surface area is 99.8 Å². The van der Waals surface area contributed by atoms with E-state index in [0.29, 0.717) is 6.92 Å². The lowest BCUT2D eigenvalue weighted by Crippen LogP contribution is -2.48. The van der Waals surface area contributed by atoms with Gasteiger partial charge in [-0.05, 0) is 32.4 Å². The van der Waals surface area contributed by atoms with Gasteiger partial charge in [-0.1, -0.05) is 11.6 Å². The van der Waals surface area contributed by atoms with Crippen molar-refractivity contribution in [3.8, 4) is 0 Å². The number of halogens is 7. The minimum atomic E-state index is -4.45. The molecule has 0 saturated heterocycles. The molecule has 1 nitrogen and oxygen atoms in total. The zero-order valence-electron chi connectivity index (χ0n) is 8.76. The Bertz CT molecular complexity index is 218. The number of hydrogen-bond donors (Lipinski definition) is 0. The minimum absolute atomic E-state index is 0.631. The Morgan fingerprint density at radius 2 is 1.31 bits per heavy atom. The van der Waals surface area contributed by atoms with E-state index in [0.717, 1.165) is 13.8 Å². The predicted molar refractivity (Wildman–Crippen MR) is 51.1 cm³/mol. The van der Waals surface area contributed by atoms with Crippen LogP contribution in [-0.4, -0.2) is 28.6 Å². The summed E-state index contributed by atoms with van der Waals surface area (Å²) in [6.07, 6.45) is 0. The first-order valence-electron chi connectivity index (χ1n) is 4.17. The lowest BCUT2D eigenvalue weighted by molar-refractivity contribution is -0.226. The fourth-order valence-corrected chi connectivity index (χ4v) is 0.589. The summed E-state index contributed by atoms with van der Waals surface area (Å²) in [6, 6.07) is 0. The average molecular weight is 289 g/mol. The second-order valence-corrected chi connectivity index (χ2v) is 4.95. The van der Waals surface area contributed by atoms with Crippen molar-refractivity contribution in [3.05, 3.63) is 0 Å². The summed E-state index contributed by atoms with van der Waals surface area (Å²) in [4.78, 5) is 0. The van der Waals surface area contributed by atoms with Crippen LogP contribution in [0.4, 0.5) is 22.0 Å². The van der Waals surface area contributed by atoms with Crippen LogP contribution in [0, 0.1) is 0 Å². The highest BCUT2D eigenvalue weighted by Crippen LogP contribution is 2.42. The molecule has 0 amide bonds. The summed E-state index contributed by atoms with van der Waals surface area (Å²) in [5.41, 5.74) is -2.51. The molecule has 2 unspecified atom stereocenters. The van der Waals surface area contributed by atoms with Crippen molar-refractivity contribution >= 4 is 23.2 Å². The number of rotatable bonds is 5. The van der Waals surface area contributed by atoms with Gasteiger partial charge >= 0.3 is 5.38 Å². The minimum Gasteiger partial charge on any atom is -0.339 e. The Hall–Kier alpha value is 0.190. The van der Waals surface area contributed by atoms with E-state index in [1.54, 1.807) is 0 Å². The third kappa shape index (κ3) is 3.89.